The highest BCUT2D eigenvalue weighted by Gasteiger charge is 2.45. The lowest BCUT2D eigenvalue weighted by molar-refractivity contribution is -0.136. The lowest BCUT2D eigenvalue weighted by Gasteiger charge is -2.39. The van der Waals surface area contributed by atoms with Crippen LogP contribution in [-0.2, 0) is 16.0 Å². The highest BCUT2D eigenvalue weighted by Crippen LogP contribution is 2.34. The molecule has 320 valence electrons. The first-order chi connectivity index (χ1) is 29.5. The molecule has 3 aromatic rings. The molecule has 0 radical (unpaired) electrons. The topological polar surface area (TPSA) is 186 Å². The van der Waals surface area contributed by atoms with Gasteiger partial charge in [0, 0.05) is 71.4 Å². The lowest BCUT2D eigenvalue weighted by Crippen LogP contribution is -2.54. The van der Waals surface area contributed by atoms with Gasteiger partial charge in [-0.05, 0) is 99.2 Å². The van der Waals surface area contributed by atoms with Crippen molar-refractivity contribution < 1.29 is 28.8 Å². The number of rotatable bonds is 10. The molecule has 3 atom stereocenters. The number of nitrogens with zero attached hydrogens (tertiary/aromatic N) is 8. The molecular formula is C45H54N10O6. The first-order valence-electron chi connectivity index (χ1n) is 21.8. The highest BCUT2D eigenvalue weighted by atomic mass is 16.2. The summed E-state index contributed by atoms with van der Waals surface area (Å²) < 4.78 is 0. The van der Waals surface area contributed by atoms with Crippen molar-refractivity contribution in [2.75, 3.05) is 75.8 Å². The van der Waals surface area contributed by atoms with Crippen LogP contribution in [0, 0.1) is 5.92 Å². The number of primary amides is 1. The highest BCUT2D eigenvalue weighted by molar-refractivity contribution is 6.23. The van der Waals surface area contributed by atoms with Crippen LogP contribution in [0.25, 0.3) is 0 Å². The summed E-state index contributed by atoms with van der Waals surface area (Å²) in [5.74, 6) is -0.935. The first-order valence-corrected chi connectivity index (χ1v) is 21.8. The zero-order valence-corrected chi connectivity index (χ0v) is 34.8. The second-order valence-corrected chi connectivity index (χ2v) is 17.7. The molecule has 6 aliphatic heterocycles. The number of aromatic nitrogens is 2. The van der Waals surface area contributed by atoms with Crippen LogP contribution >= 0.6 is 0 Å². The minimum atomic E-state index is -0.976. The Balaban J connectivity index is 0.781. The summed E-state index contributed by atoms with van der Waals surface area (Å²) in [4.78, 5) is 97.2. The number of likely N-dealkylation sites (N-methyl/N-ethyl adjacent to an activating group) is 1. The van der Waals surface area contributed by atoms with Gasteiger partial charge in [0.15, 0.2) is 0 Å². The van der Waals surface area contributed by atoms with E-state index >= 15 is 0 Å². The fourth-order valence-electron chi connectivity index (χ4n) is 10.3. The average Bonchev–Trinajstić information content (AvgIpc) is 3.73. The van der Waals surface area contributed by atoms with E-state index in [9.17, 15) is 28.8 Å². The number of benzene rings is 2. The van der Waals surface area contributed by atoms with E-state index in [1.807, 2.05) is 18.0 Å². The SMILES string of the molecule is CN1CCN([C@@H]2CCCN(c3cnc(C(N)=O)c(Cc4ccc(C5CCN(C[C@H]6CCCN(c7ccc8c(c7)C(=O)N(C7CCC(=O)NC7=O)C8=O)C6)CC5)cc4)n3)C2)C1=O. The Kier molecular flexibility index (Phi) is 11.2. The van der Waals surface area contributed by atoms with Gasteiger partial charge in [0.1, 0.15) is 17.6 Å². The maximum Gasteiger partial charge on any atom is 0.320 e. The normalized spacial score (nSPS) is 24.2. The molecule has 9 rings (SSSR count). The predicted molar refractivity (Wildman–Crippen MR) is 226 cm³/mol. The van der Waals surface area contributed by atoms with Crippen LogP contribution in [0.15, 0.2) is 48.7 Å². The molecule has 1 unspecified atom stereocenters. The molecule has 2 aromatic carbocycles. The average molecular weight is 831 g/mol. The van der Waals surface area contributed by atoms with E-state index in [2.05, 4.69) is 49.3 Å². The maximum absolute atomic E-state index is 13.4. The standard InChI is InChI=1S/C45H54N10O6/c1-50-20-21-54(45(50)61)33-5-3-17-53(27-33)38-24-47-40(41(46)57)36(48-38)22-28-6-8-30(9-7-28)31-14-18-51(19-15-31)25-29-4-2-16-52(26-29)32-10-11-34-35(23-32)44(60)55(43(34)59)37-12-13-39(56)49-42(37)58/h6-11,23-24,29,31,33,37H,2-5,12-22,25-27H2,1H3,(H2,46,57)(H,49,56,58)/t29-,33-,37?/m1/s1. The number of likely N-dealkylation sites (tertiary alicyclic amines) is 1. The number of hydrogen-bond donors (Lipinski definition) is 2. The summed E-state index contributed by atoms with van der Waals surface area (Å²) in [5, 5.41) is 2.26. The van der Waals surface area contributed by atoms with E-state index in [1.165, 1.54) is 5.56 Å². The van der Waals surface area contributed by atoms with Crippen LogP contribution in [0.2, 0.25) is 0 Å². The quantitative estimate of drug-likeness (QED) is 0.287. The van der Waals surface area contributed by atoms with Crippen molar-refractivity contribution in [1.29, 1.82) is 0 Å². The number of carbonyl (C=O) groups excluding carboxylic acids is 6. The third kappa shape index (κ3) is 8.17. The minimum Gasteiger partial charge on any atom is -0.371 e. The number of urea groups is 1. The Morgan fingerprint density at radius 2 is 1.57 bits per heavy atom. The summed E-state index contributed by atoms with van der Waals surface area (Å²) in [6.45, 7) is 7.71. The molecule has 3 N–H and O–H groups in total. The molecule has 7 heterocycles. The molecule has 5 saturated heterocycles. The van der Waals surface area contributed by atoms with Crippen LogP contribution in [-0.4, -0.2) is 143 Å². The second-order valence-electron chi connectivity index (χ2n) is 17.7. The fraction of sp³-hybridized carbons (Fsp3) is 0.511. The van der Waals surface area contributed by atoms with Crippen molar-refractivity contribution in [2.45, 2.75) is 75.8 Å². The molecule has 0 bridgehead atoms. The van der Waals surface area contributed by atoms with E-state index in [1.54, 1.807) is 23.2 Å². The lowest BCUT2D eigenvalue weighted by atomic mass is 9.88. The van der Waals surface area contributed by atoms with Crippen LogP contribution in [0.4, 0.5) is 16.3 Å². The Hall–Kier alpha value is -5.90. The van der Waals surface area contributed by atoms with Crippen molar-refractivity contribution in [3.63, 3.8) is 0 Å². The Morgan fingerprint density at radius 3 is 2.31 bits per heavy atom. The van der Waals surface area contributed by atoms with Gasteiger partial charge in [0.25, 0.3) is 17.7 Å². The molecule has 16 nitrogen and oxygen atoms in total. The predicted octanol–water partition coefficient (Wildman–Crippen LogP) is 3.00. The summed E-state index contributed by atoms with van der Waals surface area (Å²) in [7, 11) is 1.84. The first kappa shape index (κ1) is 40.5. The van der Waals surface area contributed by atoms with Crippen LogP contribution in [0.5, 0.6) is 0 Å². The Morgan fingerprint density at radius 1 is 0.820 bits per heavy atom. The van der Waals surface area contributed by atoms with Gasteiger partial charge in [-0.3, -0.25) is 34.2 Å². The Labute approximate surface area is 355 Å². The summed E-state index contributed by atoms with van der Waals surface area (Å²) in [6.07, 6.45) is 8.48. The van der Waals surface area contributed by atoms with Crippen LogP contribution in [0.1, 0.15) is 105 Å². The van der Waals surface area contributed by atoms with Gasteiger partial charge >= 0.3 is 6.03 Å². The second kappa shape index (κ2) is 16.9. The Bertz CT molecular complexity index is 2240. The molecule has 16 heteroatoms. The maximum atomic E-state index is 13.4. The van der Waals surface area contributed by atoms with E-state index in [0.29, 0.717) is 47.4 Å². The van der Waals surface area contributed by atoms with Gasteiger partial charge in [-0.15, -0.1) is 0 Å². The van der Waals surface area contributed by atoms with E-state index in [0.717, 1.165) is 107 Å². The van der Waals surface area contributed by atoms with Crippen molar-refractivity contribution >= 4 is 47.1 Å². The van der Waals surface area contributed by atoms with E-state index in [4.69, 9.17) is 10.7 Å². The number of nitrogens with two attached hydrogens (primary N) is 1. The zero-order chi connectivity index (χ0) is 42.4. The van der Waals surface area contributed by atoms with Gasteiger partial charge in [-0.25, -0.2) is 14.8 Å². The smallest absolute Gasteiger partial charge is 0.320 e. The number of nitrogens with one attached hydrogen (secondary N) is 1. The van der Waals surface area contributed by atoms with Crippen molar-refractivity contribution in [3.8, 4) is 0 Å². The molecule has 7 amide bonds. The third-order valence-electron chi connectivity index (χ3n) is 13.7. The van der Waals surface area contributed by atoms with Gasteiger partial charge in [-0.1, -0.05) is 24.3 Å². The van der Waals surface area contributed by atoms with Crippen LogP contribution in [0.3, 0.4) is 0 Å². The molecule has 5 fully saturated rings. The number of imide groups is 2. The van der Waals surface area contributed by atoms with Gasteiger partial charge in [0.05, 0.1) is 29.1 Å². The minimum absolute atomic E-state index is 0.0722. The number of hydrogen-bond acceptors (Lipinski definition) is 11. The van der Waals surface area contributed by atoms with Crippen molar-refractivity contribution in [3.05, 3.63) is 82.3 Å². The third-order valence-corrected chi connectivity index (χ3v) is 13.7. The molecule has 0 spiro atoms. The number of anilines is 2. The van der Waals surface area contributed by atoms with Crippen LogP contribution < -0.4 is 20.9 Å². The van der Waals surface area contributed by atoms with Gasteiger partial charge in [0.2, 0.25) is 11.8 Å². The van der Waals surface area contributed by atoms with Gasteiger partial charge < -0.3 is 30.2 Å². The molecule has 6 aliphatic rings. The van der Waals surface area contributed by atoms with E-state index in [-0.39, 0.29) is 30.6 Å². The van der Waals surface area contributed by atoms with E-state index < -0.39 is 35.6 Å². The number of fused-ring (bicyclic) bond motifs is 1. The molecule has 1 aromatic heterocycles. The number of piperidine rings is 4. The zero-order valence-electron chi connectivity index (χ0n) is 34.8. The van der Waals surface area contributed by atoms with Crippen molar-refractivity contribution in [1.82, 2.24) is 34.9 Å². The fourth-order valence-corrected chi connectivity index (χ4v) is 10.3. The molecule has 0 saturated carbocycles. The molecule has 0 aliphatic carbocycles. The largest absolute Gasteiger partial charge is 0.371 e. The van der Waals surface area contributed by atoms with Crippen molar-refractivity contribution in [2.24, 2.45) is 11.7 Å². The summed E-state index contributed by atoms with van der Waals surface area (Å²) in [5.41, 5.74) is 10.4. The molecule has 61 heavy (non-hydrogen) atoms. The summed E-state index contributed by atoms with van der Waals surface area (Å²) in [6, 6.07) is 13.3. The monoisotopic (exact) mass is 830 g/mol. The molecular weight excluding hydrogens is 777 g/mol. The number of amides is 7. The number of carbonyl (C=O) groups is 6. The van der Waals surface area contributed by atoms with Gasteiger partial charge in [-0.2, -0.15) is 0 Å². The summed E-state index contributed by atoms with van der Waals surface area (Å²) >= 11 is 0.